The maximum Gasteiger partial charge on any atom is 0.288 e. The van der Waals surface area contributed by atoms with Gasteiger partial charge in [-0.25, -0.2) is 4.98 Å². The molecule has 1 atom stereocenters. The number of anilines is 2. The van der Waals surface area contributed by atoms with Crippen LogP contribution in [0.25, 0.3) is 0 Å². The predicted octanol–water partition coefficient (Wildman–Crippen LogP) is 4.69. The highest BCUT2D eigenvalue weighted by molar-refractivity contribution is 7.93. The fourth-order valence-corrected chi connectivity index (χ4v) is 8.04. The summed E-state index contributed by atoms with van der Waals surface area (Å²) in [6.07, 6.45) is 3.10. The maximum absolute atomic E-state index is 15.4. The van der Waals surface area contributed by atoms with Crippen LogP contribution < -0.4 is 23.4 Å². The first-order valence-corrected chi connectivity index (χ1v) is 17.5. The molecule has 0 radical (unpaired) electrons. The standard InChI is InChI=1S/C36H38N6O6S/c1-6-48-34-28(8-7-9-32(34)47-5)36(41-18-16-40(17-19-41)26-14-15-38-30(21-26)24(2)3)29-20-25(22-37)10-12-31(29)42(35(36)43)49(44,45)33-13-11-27(46-4)23-39-33/h7-15,20-21,23-24H,6,16-19H2,1-5H3. The molecule has 1 amide bonds. The first-order valence-electron chi connectivity index (χ1n) is 16.0. The molecule has 2 aliphatic rings. The number of hydrogen-bond donors (Lipinski definition) is 0. The van der Waals surface area contributed by atoms with E-state index in [9.17, 15) is 13.7 Å². The first kappa shape index (κ1) is 33.7. The molecule has 12 nitrogen and oxygen atoms in total. The molecule has 1 unspecified atom stereocenters. The molecule has 1 saturated heterocycles. The highest BCUT2D eigenvalue weighted by atomic mass is 32.2. The predicted molar refractivity (Wildman–Crippen MR) is 184 cm³/mol. The normalized spacial score (nSPS) is 17.9. The number of para-hydroxylation sites is 1. The van der Waals surface area contributed by atoms with Crippen LogP contribution in [0.1, 0.15) is 49.1 Å². The molecule has 2 aromatic carbocycles. The quantitative estimate of drug-likeness (QED) is 0.230. The third-order valence-electron chi connectivity index (χ3n) is 9.03. The highest BCUT2D eigenvalue weighted by Crippen LogP contribution is 2.54. The number of sulfonamides is 1. The lowest BCUT2D eigenvalue weighted by Gasteiger charge is -2.46. The molecule has 1 fully saturated rings. The van der Waals surface area contributed by atoms with Crippen molar-refractivity contribution in [2.24, 2.45) is 0 Å². The van der Waals surface area contributed by atoms with Gasteiger partial charge in [-0.3, -0.25) is 14.7 Å². The molecule has 6 rings (SSSR count). The number of benzene rings is 2. The number of nitrogens with zero attached hydrogens (tertiary/aromatic N) is 6. The molecular weight excluding hydrogens is 644 g/mol. The van der Waals surface area contributed by atoms with E-state index in [-0.39, 0.29) is 28.8 Å². The van der Waals surface area contributed by atoms with E-state index < -0.39 is 21.5 Å². The van der Waals surface area contributed by atoms with Crippen molar-refractivity contribution in [2.45, 2.75) is 37.3 Å². The van der Waals surface area contributed by atoms with E-state index in [2.05, 4.69) is 40.9 Å². The summed E-state index contributed by atoms with van der Waals surface area (Å²) in [6.45, 7) is 8.09. The van der Waals surface area contributed by atoms with Gasteiger partial charge in [0.2, 0.25) is 0 Å². The molecule has 4 aromatic rings. The Morgan fingerprint density at radius 1 is 0.959 bits per heavy atom. The zero-order chi connectivity index (χ0) is 34.9. The van der Waals surface area contributed by atoms with Crippen molar-refractivity contribution in [1.29, 1.82) is 5.26 Å². The minimum Gasteiger partial charge on any atom is -0.495 e. The summed E-state index contributed by atoms with van der Waals surface area (Å²) in [5, 5.41) is 9.70. The Labute approximate surface area is 286 Å². The molecule has 2 aromatic heterocycles. The average Bonchev–Trinajstić information content (AvgIpc) is 3.40. The summed E-state index contributed by atoms with van der Waals surface area (Å²) in [7, 11) is -1.59. The van der Waals surface area contributed by atoms with Crippen LogP contribution in [0.3, 0.4) is 0 Å². The van der Waals surface area contributed by atoms with Gasteiger partial charge in [0, 0.05) is 54.9 Å². The summed E-state index contributed by atoms with van der Waals surface area (Å²) in [6, 6.07) is 18.9. The van der Waals surface area contributed by atoms with Crippen LogP contribution in [0.5, 0.6) is 17.2 Å². The van der Waals surface area contributed by atoms with E-state index in [1.54, 1.807) is 30.5 Å². The van der Waals surface area contributed by atoms with Gasteiger partial charge in [-0.1, -0.05) is 26.0 Å². The monoisotopic (exact) mass is 682 g/mol. The molecule has 0 aliphatic carbocycles. The second-order valence-corrected chi connectivity index (χ2v) is 13.7. The Kier molecular flexibility index (Phi) is 9.20. The Bertz CT molecular complexity index is 2020. The zero-order valence-corrected chi connectivity index (χ0v) is 28.9. The molecule has 49 heavy (non-hydrogen) atoms. The van der Waals surface area contributed by atoms with Crippen LogP contribution in [0, 0.1) is 11.3 Å². The second kappa shape index (κ2) is 13.4. The van der Waals surface area contributed by atoms with Crippen molar-refractivity contribution in [3.63, 3.8) is 0 Å². The van der Waals surface area contributed by atoms with Gasteiger partial charge in [-0.15, -0.1) is 0 Å². The van der Waals surface area contributed by atoms with Crippen LogP contribution in [0.15, 0.2) is 78.1 Å². The van der Waals surface area contributed by atoms with Gasteiger partial charge < -0.3 is 19.1 Å². The lowest BCUT2D eigenvalue weighted by Crippen LogP contribution is -2.60. The van der Waals surface area contributed by atoms with Crippen molar-refractivity contribution in [2.75, 3.05) is 56.2 Å². The fourth-order valence-electron chi connectivity index (χ4n) is 6.66. The van der Waals surface area contributed by atoms with Gasteiger partial charge in [0.05, 0.1) is 44.3 Å². The Morgan fingerprint density at radius 3 is 2.37 bits per heavy atom. The summed E-state index contributed by atoms with van der Waals surface area (Å²) < 4.78 is 46.8. The van der Waals surface area contributed by atoms with E-state index in [0.717, 1.165) is 15.7 Å². The van der Waals surface area contributed by atoms with Crippen LogP contribution >= 0.6 is 0 Å². The van der Waals surface area contributed by atoms with Crippen molar-refractivity contribution in [3.8, 4) is 23.3 Å². The van der Waals surface area contributed by atoms with Crippen LogP contribution in [-0.2, 0) is 20.4 Å². The number of carbonyl (C=O) groups is 1. The number of methoxy groups -OCH3 is 2. The van der Waals surface area contributed by atoms with Gasteiger partial charge in [0.1, 0.15) is 5.75 Å². The number of hydrogen-bond acceptors (Lipinski definition) is 11. The second-order valence-electron chi connectivity index (χ2n) is 12.0. The number of piperazine rings is 1. The molecule has 4 heterocycles. The number of carbonyl (C=O) groups excluding carboxylic acids is 1. The smallest absolute Gasteiger partial charge is 0.288 e. The summed E-state index contributed by atoms with van der Waals surface area (Å²) in [4.78, 5) is 28.3. The molecule has 254 valence electrons. The lowest BCUT2D eigenvalue weighted by atomic mass is 9.80. The van der Waals surface area contributed by atoms with Crippen LogP contribution in [0.4, 0.5) is 11.4 Å². The Balaban J connectivity index is 1.56. The van der Waals surface area contributed by atoms with Crippen LogP contribution in [0.2, 0.25) is 0 Å². The van der Waals surface area contributed by atoms with Crippen molar-refractivity contribution < 1.29 is 27.4 Å². The van der Waals surface area contributed by atoms with Crippen LogP contribution in [-0.4, -0.2) is 76.2 Å². The Morgan fingerprint density at radius 2 is 1.73 bits per heavy atom. The van der Waals surface area contributed by atoms with E-state index in [1.165, 1.54) is 44.7 Å². The van der Waals surface area contributed by atoms with Gasteiger partial charge in [-0.05, 0) is 61.4 Å². The van der Waals surface area contributed by atoms with E-state index in [0.29, 0.717) is 54.6 Å². The summed E-state index contributed by atoms with van der Waals surface area (Å²) >= 11 is 0. The molecule has 2 aliphatic heterocycles. The third-order valence-corrected chi connectivity index (χ3v) is 10.6. The van der Waals surface area contributed by atoms with Gasteiger partial charge in [-0.2, -0.15) is 18.0 Å². The minimum atomic E-state index is -4.55. The number of aromatic nitrogens is 2. The zero-order valence-electron chi connectivity index (χ0n) is 28.1. The number of ether oxygens (including phenoxy) is 3. The first-order chi connectivity index (χ1) is 23.6. The molecular formula is C36H38N6O6S. The molecule has 0 saturated carbocycles. The number of pyridine rings is 2. The van der Waals surface area contributed by atoms with Crippen molar-refractivity contribution in [3.05, 3.63) is 95.4 Å². The SMILES string of the molecule is CCOc1c(OC)cccc1C1(N2CCN(c3ccnc(C(C)C)c3)CC2)C(=O)N(S(=O)(=O)c2ccc(OC)cn2)c2ccc(C#N)cc21. The van der Waals surface area contributed by atoms with E-state index in [1.807, 2.05) is 17.9 Å². The number of amides is 1. The van der Waals surface area contributed by atoms with Crippen molar-refractivity contribution >= 4 is 27.3 Å². The number of nitriles is 1. The summed E-state index contributed by atoms with van der Waals surface area (Å²) in [5.74, 6) is 0.590. The minimum absolute atomic E-state index is 0.130. The summed E-state index contributed by atoms with van der Waals surface area (Å²) in [5.41, 5.74) is 1.45. The molecule has 0 N–H and O–H groups in total. The highest BCUT2D eigenvalue weighted by Gasteiger charge is 2.61. The molecule has 0 bridgehead atoms. The van der Waals surface area contributed by atoms with Gasteiger partial charge in [0.15, 0.2) is 22.1 Å². The van der Waals surface area contributed by atoms with E-state index in [4.69, 9.17) is 14.2 Å². The largest absolute Gasteiger partial charge is 0.495 e. The van der Waals surface area contributed by atoms with Gasteiger partial charge >= 0.3 is 0 Å². The number of rotatable bonds is 10. The fraction of sp³-hybridized carbons (Fsp3) is 0.333. The average molecular weight is 683 g/mol. The Hall–Kier alpha value is -5.19. The maximum atomic E-state index is 15.4. The van der Waals surface area contributed by atoms with Gasteiger partial charge in [0.25, 0.3) is 15.9 Å². The van der Waals surface area contributed by atoms with Crippen molar-refractivity contribution in [1.82, 2.24) is 14.9 Å². The molecule has 0 spiro atoms. The third kappa shape index (κ3) is 5.60. The molecule has 13 heteroatoms. The topological polar surface area (TPSA) is 138 Å². The van der Waals surface area contributed by atoms with E-state index >= 15 is 4.79 Å². The number of fused-ring (bicyclic) bond motifs is 1. The lowest BCUT2D eigenvalue weighted by molar-refractivity contribution is -0.127.